The Kier molecular flexibility index (Phi) is 4.68. The summed E-state index contributed by atoms with van der Waals surface area (Å²) >= 11 is 6.31. The monoisotopic (exact) mass is 371 g/mol. The molecule has 2 aromatic heterocycles. The van der Waals surface area contributed by atoms with Gasteiger partial charge >= 0.3 is 0 Å². The van der Waals surface area contributed by atoms with Gasteiger partial charge in [-0.2, -0.15) is 10.2 Å². The predicted molar refractivity (Wildman–Crippen MR) is 101 cm³/mol. The van der Waals surface area contributed by atoms with Gasteiger partial charge in [-0.15, -0.1) is 0 Å². The van der Waals surface area contributed by atoms with Gasteiger partial charge in [-0.05, 0) is 43.4 Å². The number of carbonyl (C=O) groups is 1. The molecule has 0 saturated heterocycles. The number of rotatable bonds is 5. The second kappa shape index (κ2) is 7.11. The number of benzene rings is 1. The molecule has 0 aliphatic heterocycles. The molecular weight excluding hydrogens is 350 g/mol. The number of aromatic amines is 1. The molecule has 0 unspecified atom stereocenters. The molecule has 0 spiro atoms. The van der Waals surface area contributed by atoms with Crippen molar-refractivity contribution in [3.8, 4) is 0 Å². The predicted octanol–water partition coefficient (Wildman–Crippen LogP) is 3.08. The summed E-state index contributed by atoms with van der Waals surface area (Å²) in [5.41, 5.74) is 5.37. The van der Waals surface area contributed by atoms with Crippen LogP contribution in [0, 0.1) is 0 Å². The van der Waals surface area contributed by atoms with E-state index in [1.165, 1.54) is 24.1 Å². The minimum atomic E-state index is 0.00316. The van der Waals surface area contributed by atoms with Crippen LogP contribution in [0.5, 0.6) is 0 Å². The van der Waals surface area contributed by atoms with E-state index in [1.807, 2.05) is 25.2 Å². The molecule has 1 aliphatic rings. The summed E-state index contributed by atoms with van der Waals surface area (Å²) in [7, 11) is 1.88. The largest absolute Gasteiger partial charge is 0.350 e. The number of fused-ring (bicyclic) bond motifs is 2. The average Bonchev–Trinajstić information content (AvgIpc) is 3.20. The lowest BCUT2D eigenvalue weighted by Crippen LogP contribution is -2.23. The maximum atomic E-state index is 12.3. The number of hydrogen-bond donors (Lipinski definition) is 2. The number of amides is 1. The number of H-pyrrole nitrogens is 1. The lowest BCUT2D eigenvalue weighted by Gasteiger charge is -2.11. The fourth-order valence-corrected chi connectivity index (χ4v) is 4.01. The molecule has 1 amide bonds. The standard InChI is InChI=1S/C19H22ClN5O/c1-25-17-8-4-6-13(20)19(17)16(24-25)11-21-18(26)10-9-15-12-5-2-3-7-14(12)22-23-15/h4,6,8H,2-3,5,7,9-11H2,1H3,(H,21,26)(H,22,23). The molecule has 0 atom stereocenters. The van der Waals surface area contributed by atoms with Crippen molar-refractivity contribution in [3.05, 3.63) is 45.9 Å². The highest BCUT2D eigenvalue weighted by atomic mass is 35.5. The SMILES string of the molecule is Cn1nc(CNC(=O)CCc2n[nH]c3c2CCCC3)c2c(Cl)cccc21. The van der Waals surface area contributed by atoms with Gasteiger partial charge in [0.15, 0.2) is 0 Å². The summed E-state index contributed by atoms with van der Waals surface area (Å²) in [6.45, 7) is 0.374. The molecule has 0 radical (unpaired) electrons. The van der Waals surface area contributed by atoms with E-state index in [2.05, 4.69) is 20.6 Å². The van der Waals surface area contributed by atoms with Crippen LogP contribution in [0.4, 0.5) is 0 Å². The Morgan fingerprint density at radius 2 is 2.15 bits per heavy atom. The van der Waals surface area contributed by atoms with Crippen LogP contribution in [0.1, 0.15) is 41.9 Å². The van der Waals surface area contributed by atoms with Gasteiger partial charge in [-0.3, -0.25) is 14.6 Å². The molecule has 2 N–H and O–H groups in total. The van der Waals surface area contributed by atoms with Crippen molar-refractivity contribution in [1.82, 2.24) is 25.3 Å². The summed E-state index contributed by atoms with van der Waals surface area (Å²) in [5.74, 6) is 0.00316. The van der Waals surface area contributed by atoms with E-state index in [9.17, 15) is 4.79 Å². The Morgan fingerprint density at radius 1 is 1.31 bits per heavy atom. The molecule has 6 nitrogen and oxygen atoms in total. The Hall–Kier alpha value is -2.34. The lowest BCUT2D eigenvalue weighted by atomic mass is 9.94. The van der Waals surface area contributed by atoms with Crippen molar-refractivity contribution in [1.29, 1.82) is 0 Å². The van der Waals surface area contributed by atoms with Crippen LogP contribution >= 0.6 is 11.6 Å². The number of carbonyl (C=O) groups excluding carboxylic acids is 1. The van der Waals surface area contributed by atoms with Gasteiger partial charge in [-0.25, -0.2) is 0 Å². The first kappa shape index (κ1) is 17.1. The van der Waals surface area contributed by atoms with Gasteiger partial charge in [0.25, 0.3) is 0 Å². The maximum Gasteiger partial charge on any atom is 0.220 e. The smallest absolute Gasteiger partial charge is 0.220 e. The number of hydrogen-bond acceptors (Lipinski definition) is 3. The van der Waals surface area contributed by atoms with Crippen LogP contribution in [-0.2, 0) is 37.6 Å². The van der Waals surface area contributed by atoms with Crippen molar-refractivity contribution in [2.45, 2.75) is 45.1 Å². The second-order valence-corrected chi connectivity index (χ2v) is 7.22. The van der Waals surface area contributed by atoms with E-state index in [1.54, 1.807) is 4.68 Å². The molecule has 136 valence electrons. The first-order valence-electron chi connectivity index (χ1n) is 9.05. The number of aryl methyl sites for hydroxylation is 3. The van der Waals surface area contributed by atoms with E-state index in [-0.39, 0.29) is 5.91 Å². The summed E-state index contributed by atoms with van der Waals surface area (Å²) < 4.78 is 1.79. The molecule has 26 heavy (non-hydrogen) atoms. The molecule has 4 rings (SSSR count). The van der Waals surface area contributed by atoms with E-state index < -0.39 is 0 Å². The molecule has 1 aliphatic carbocycles. The van der Waals surface area contributed by atoms with Gasteiger partial charge in [0.05, 0.1) is 28.5 Å². The summed E-state index contributed by atoms with van der Waals surface area (Å²) in [6, 6.07) is 5.72. The summed E-state index contributed by atoms with van der Waals surface area (Å²) in [6.07, 6.45) is 5.66. The number of aromatic nitrogens is 4. The number of nitrogens with zero attached hydrogens (tertiary/aromatic N) is 3. The fraction of sp³-hybridized carbons (Fsp3) is 0.421. The molecule has 0 saturated carbocycles. The van der Waals surface area contributed by atoms with E-state index in [0.29, 0.717) is 24.4 Å². The summed E-state index contributed by atoms with van der Waals surface area (Å²) in [5, 5.41) is 16.5. The van der Waals surface area contributed by atoms with Crippen LogP contribution in [-0.4, -0.2) is 25.9 Å². The van der Waals surface area contributed by atoms with Crippen LogP contribution in [0.3, 0.4) is 0 Å². The third kappa shape index (κ3) is 3.21. The van der Waals surface area contributed by atoms with E-state index in [0.717, 1.165) is 35.1 Å². The Balaban J connectivity index is 1.38. The zero-order chi connectivity index (χ0) is 18.1. The highest BCUT2D eigenvalue weighted by molar-refractivity contribution is 6.35. The molecule has 7 heteroatoms. The van der Waals surface area contributed by atoms with Crippen LogP contribution < -0.4 is 5.32 Å². The molecule has 0 bridgehead atoms. The Bertz CT molecular complexity index is 958. The first-order valence-corrected chi connectivity index (χ1v) is 9.43. The molecule has 2 heterocycles. The third-order valence-electron chi connectivity index (χ3n) is 5.08. The van der Waals surface area contributed by atoms with Crippen molar-refractivity contribution in [2.24, 2.45) is 7.05 Å². The molecular formula is C19H22ClN5O. The highest BCUT2D eigenvalue weighted by Crippen LogP contribution is 2.26. The lowest BCUT2D eigenvalue weighted by molar-refractivity contribution is -0.121. The van der Waals surface area contributed by atoms with Crippen molar-refractivity contribution in [2.75, 3.05) is 0 Å². The molecule has 1 aromatic carbocycles. The van der Waals surface area contributed by atoms with Crippen molar-refractivity contribution < 1.29 is 4.79 Å². The van der Waals surface area contributed by atoms with Gasteiger partial charge in [0.2, 0.25) is 5.91 Å². The highest BCUT2D eigenvalue weighted by Gasteiger charge is 2.18. The number of halogens is 1. The summed E-state index contributed by atoms with van der Waals surface area (Å²) in [4.78, 5) is 12.3. The fourth-order valence-electron chi connectivity index (χ4n) is 3.74. The van der Waals surface area contributed by atoms with Gasteiger partial charge in [-0.1, -0.05) is 17.7 Å². The normalized spacial score (nSPS) is 13.8. The van der Waals surface area contributed by atoms with Crippen LogP contribution in [0.25, 0.3) is 10.9 Å². The van der Waals surface area contributed by atoms with Crippen molar-refractivity contribution >= 4 is 28.4 Å². The minimum absolute atomic E-state index is 0.00316. The third-order valence-corrected chi connectivity index (χ3v) is 5.40. The van der Waals surface area contributed by atoms with E-state index >= 15 is 0 Å². The average molecular weight is 372 g/mol. The Labute approximate surface area is 156 Å². The topological polar surface area (TPSA) is 75.6 Å². The molecule has 0 fully saturated rings. The Morgan fingerprint density at radius 3 is 3.04 bits per heavy atom. The van der Waals surface area contributed by atoms with Gasteiger partial charge in [0, 0.05) is 31.0 Å². The minimum Gasteiger partial charge on any atom is -0.350 e. The van der Waals surface area contributed by atoms with Crippen LogP contribution in [0.15, 0.2) is 18.2 Å². The van der Waals surface area contributed by atoms with Gasteiger partial charge in [0.1, 0.15) is 0 Å². The second-order valence-electron chi connectivity index (χ2n) is 6.82. The number of nitrogens with one attached hydrogen (secondary N) is 2. The van der Waals surface area contributed by atoms with Gasteiger partial charge < -0.3 is 5.32 Å². The zero-order valence-electron chi connectivity index (χ0n) is 14.8. The zero-order valence-corrected chi connectivity index (χ0v) is 15.6. The first-order chi connectivity index (χ1) is 12.6. The maximum absolute atomic E-state index is 12.3. The molecule has 3 aromatic rings. The van der Waals surface area contributed by atoms with Crippen molar-refractivity contribution in [3.63, 3.8) is 0 Å². The van der Waals surface area contributed by atoms with E-state index in [4.69, 9.17) is 11.6 Å². The quantitative estimate of drug-likeness (QED) is 0.723. The van der Waals surface area contributed by atoms with Crippen LogP contribution in [0.2, 0.25) is 5.02 Å².